The SMILES string of the molecule is CNCCN1CCCC1.NC(=O)c1cccc(-c2ccccc2)c1. The molecule has 0 bridgehead atoms. The van der Waals surface area contributed by atoms with Gasteiger partial charge in [-0.2, -0.15) is 0 Å². The molecule has 4 heteroatoms. The largest absolute Gasteiger partial charge is 0.366 e. The lowest BCUT2D eigenvalue weighted by Gasteiger charge is -2.12. The smallest absolute Gasteiger partial charge is 0.248 e. The maximum absolute atomic E-state index is 11.0. The van der Waals surface area contributed by atoms with E-state index in [0.717, 1.165) is 17.7 Å². The third-order valence-corrected chi connectivity index (χ3v) is 4.13. The summed E-state index contributed by atoms with van der Waals surface area (Å²) in [5.41, 5.74) is 7.85. The van der Waals surface area contributed by atoms with Crippen molar-refractivity contribution in [3.05, 3.63) is 60.2 Å². The quantitative estimate of drug-likeness (QED) is 0.889. The zero-order chi connectivity index (χ0) is 17.2. The van der Waals surface area contributed by atoms with Crippen LogP contribution in [0.5, 0.6) is 0 Å². The van der Waals surface area contributed by atoms with Gasteiger partial charge >= 0.3 is 0 Å². The lowest BCUT2D eigenvalue weighted by Crippen LogP contribution is -2.27. The fraction of sp³-hybridized carbons (Fsp3) is 0.350. The number of nitrogens with two attached hydrogens (primary N) is 1. The van der Waals surface area contributed by atoms with Crippen LogP contribution in [0.25, 0.3) is 11.1 Å². The number of carbonyl (C=O) groups is 1. The summed E-state index contributed by atoms with van der Waals surface area (Å²) >= 11 is 0. The summed E-state index contributed by atoms with van der Waals surface area (Å²) in [7, 11) is 2.01. The van der Waals surface area contributed by atoms with Crippen molar-refractivity contribution in [2.45, 2.75) is 12.8 Å². The molecule has 0 aliphatic carbocycles. The highest BCUT2D eigenvalue weighted by molar-refractivity contribution is 5.94. The van der Waals surface area contributed by atoms with Gasteiger partial charge in [0.1, 0.15) is 0 Å². The highest BCUT2D eigenvalue weighted by atomic mass is 16.1. The Hall–Kier alpha value is -2.17. The molecule has 0 atom stereocenters. The van der Waals surface area contributed by atoms with Crippen LogP contribution in [0.3, 0.4) is 0 Å². The van der Waals surface area contributed by atoms with Crippen molar-refractivity contribution < 1.29 is 4.79 Å². The summed E-state index contributed by atoms with van der Waals surface area (Å²) in [4.78, 5) is 13.5. The maximum atomic E-state index is 11.0. The number of hydrogen-bond acceptors (Lipinski definition) is 3. The number of carbonyl (C=O) groups excluding carboxylic acids is 1. The van der Waals surface area contributed by atoms with Gasteiger partial charge < -0.3 is 16.0 Å². The van der Waals surface area contributed by atoms with Gasteiger partial charge in [-0.15, -0.1) is 0 Å². The molecule has 24 heavy (non-hydrogen) atoms. The fourth-order valence-corrected chi connectivity index (χ4v) is 2.76. The standard InChI is InChI=1S/C13H11NO.C7H16N2/c14-13(15)12-8-4-7-11(9-12)10-5-2-1-3-6-10;1-8-4-7-9-5-2-3-6-9/h1-9H,(H2,14,15);8H,2-7H2,1H3. The zero-order valence-corrected chi connectivity index (χ0v) is 14.4. The van der Waals surface area contributed by atoms with Crippen molar-refractivity contribution in [2.24, 2.45) is 5.73 Å². The van der Waals surface area contributed by atoms with E-state index in [1.165, 1.54) is 32.5 Å². The molecule has 3 N–H and O–H groups in total. The Bertz CT molecular complexity index is 622. The molecule has 1 aliphatic heterocycles. The predicted molar refractivity (Wildman–Crippen MR) is 100.0 cm³/mol. The zero-order valence-electron chi connectivity index (χ0n) is 14.4. The van der Waals surface area contributed by atoms with Gasteiger partial charge in [0.15, 0.2) is 0 Å². The maximum Gasteiger partial charge on any atom is 0.248 e. The van der Waals surface area contributed by atoms with Crippen LogP contribution in [-0.4, -0.2) is 44.0 Å². The lowest BCUT2D eigenvalue weighted by atomic mass is 10.0. The number of hydrogen-bond donors (Lipinski definition) is 2. The van der Waals surface area contributed by atoms with Crippen LogP contribution in [0.4, 0.5) is 0 Å². The summed E-state index contributed by atoms with van der Waals surface area (Å²) in [6.45, 7) is 5.01. The number of nitrogens with one attached hydrogen (secondary N) is 1. The minimum atomic E-state index is -0.396. The number of benzene rings is 2. The van der Waals surface area contributed by atoms with Crippen LogP contribution in [0.2, 0.25) is 0 Å². The van der Waals surface area contributed by atoms with Gasteiger partial charge in [0, 0.05) is 18.7 Å². The Morgan fingerprint density at radius 2 is 1.71 bits per heavy atom. The van der Waals surface area contributed by atoms with Gasteiger partial charge in [0.05, 0.1) is 0 Å². The fourth-order valence-electron chi connectivity index (χ4n) is 2.76. The number of amides is 1. The lowest BCUT2D eigenvalue weighted by molar-refractivity contribution is 0.100. The molecule has 128 valence electrons. The van der Waals surface area contributed by atoms with E-state index in [2.05, 4.69) is 10.2 Å². The second-order valence-corrected chi connectivity index (χ2v) is 5.96. The minimum absolute atomic E-state index is 0.396. The highest BCUT2D eigenvalue weighted by Crippen LogP contribution is 2.19. The van der Waals surface area contributed by atoms with Crippen LogP contribution in [0.15, 0.2) is 54.6 Å². The highest BCUT2D eigenvalue weighted by Gasteiger charge is 2.09. The van der Waals surface area contributed by atoms with Crippen molar-refractivity contribution in [2.75, 3.05) is 33.2 Å². The van der Waals surface area contributed by atoms with Gasteiger partial charge in [-0.1, -0.05) is 42.5 Å². The van der Waals surface area contributed by atoms with E-state index < -0.39 is 5.91 Å². The molecule has 1 saturated heterocycles. The second-order valence-electron chi connectivity index (χ2n) is 5.96. The summed E-state index contributed by atoms with van der Waals surface area (Å²) in [5, 5.41) is 3.15. The molecule has 1 heterocycles. The first-order chi connectivity index (χ1) is 11.7. The first-order valence-corrected chi connectivity index (χ1v) is 8.53. The minimum Gasteiger partial charge on any atom is -0.366 e. The van der Waals surface area contributed by atoms with Crippen LogP contribution in [0, 0.1) is 0 Å². The van der Waals surface area contributed by atoms with Crippen LogP contribution in [-0.2, 0) is 0 Å². The third-order valence-electron chi connectivity index (χ3n) is 4.13. The number of primary amides is 1. The summed E-state index contributed by atoms with van der Waals surface area (Å²) in [6.07, 6.45) is 2.81. The number of likely N-dealkylation sites (N-methyl/N-ethyl adjacent to an activating group) is 1. The topological polar surface area (TPSA) is 58.4 Å². The Kier molecular flexibility index (Phi) is 7.46. The van der Waals surface area contributed by atoms with Crippen molar-refractivity contribution in [3.8, 4) is 11.1 Å². The van der Waals surface area contributed by atoms with Crippen molar-refractivity contribution in [3.63, 3.8) is 0 Å². The van der Waals surface area contributed by atoms with Crippen LogP contribution < -0.4 is 11.1 Å². The van der Waals surface area contributed by atoms with Crippen molar-refractivity contribution in [1.29, 1.82) is 0 Å². The van der Waals surface area contributed by atoms with E-state index in [-0.39, 0.29) is 0 Å². The molecule has 2 aromatic carbocycles. The third kappa shape index (κ3) is 5.80. The molecule has 0 aromatic heterocycles. The molecule has 1 fully saturated rings. The van der Waals surface area contributed by atoms with E-state index in [1.807, 2.05) is 49.5 Å². The average Bonchev–Trinajstić information content (AvgIpc) is 3.15. The number of likely N-dealkylation sites (tertiary alicyclic amines) is 1. The Balaban J connectivity index is 0.000000198. The molecule has 0 radical (unpaired) electrons. The second kappa shape index (κ2) is 9.85. The normalized spacial score (nSPS) is 14.0. The Morgan fingerprint density at radius 1 is 1.04 bits per heavy atom. The Morgan fingerprint density at radius 3 is 2.33 bits per heavy atom. The van der Waals surface area contributed by atoms with Gasteiger partial charge in [0.2, 0.25) is 5.91 Å². The first-order valence-electron chi connectivity index (χ1n) is 8.53. The number of nitrogens with zero attached hydrogens (tertiary/aromatic N) is 1. The van der Waals surface area contributed by atoms with E-state index >= 15 is 0 Å². The van der Waals surface area contributed by atoms with Crippen LogP contribution in [0.1, 0.15) is 23.2 Å². The molecule has 4 nitrogen and oxygen atoms in total. The van der Waals surface area contributed by atoms with Gasteiger partial charge in [-0.25, -0.2) is 0 Å². The van der Waals surface area contributed by atoms with Crippen molar-refractivity contribution >= 4 is 5.91 Å². The Labute approximate surface area is 144 Å². The monoisotopic (exact) mass is 325 g/mol. The van der Waals surface area contributed by atoms with Crippen LogP contribution >= 0.6 is 0 Å². The summed E-state index contributed by atoms with van der Waals surface area (Å²) in [6, 6.07) is 17.2. The molecule has 3 rings (SSSR count). The molecule has 0 spiro atoms. The first kappa shape index (κ1) is 18.2. The molecule has 2 aromatic rings. The molecular weight excluding hydrogens is 298 g/mol. The molecular formula is C20H27N3O. The van der Waals surface area contributed by atoms with Gasteiger partial charge in [-0.05, 0) is 56.2 Å². The average molecular weight is 325 g/mol. The summed E-state index contributed by atoms with van der Waals surface area (Å²) in [5.74, 6) is -0.396. The predicted octanol–water partition coefficient (Wildman–Crippen LogP) is 2.75. The number of rotatable bonds is 5. The van der Waals surface area contributed by atoms with E-state index in [4.69, 9.17) is 5.73 Å². The van der Waals surface area contributed by atoms with E-state index in [9.17, 15) is 4.79 Å². The summed E-state index contributed by atoms with van der Waals surface area (Å²) < 4.78 is 0. The molecule has 1 aliphatic rings. The molecule has 0 saturated carbocycles. The van der Waals surface area contributed by atoms with Gasteiger partial charge in [0.25, 0.3) is 0 Å². The van der Waals surface area contributed by atoms with E-state index in [0.29, 0.717) is 5.56 Å². The molecule has 1 amide bonds. The van der Waals surface area contributed by atoms with Crippen molar-refractivity contribution in [1.82, 2.24) is 10.2 Å². The van der Waals surface area contributed by atoms with E-state index in [1.54, 1.807) is 12.1 Å². The van der Waals surface area contributed by atoms with Gasteiger partial charge in [-0.3, -0.25) is 4.79 Å². The molecule has 0 unspecified atom stereocenters.